The van der Waals surface area contributed by atoms with E-state index in [0.29, 0.717) is 6.04 Å². The first kappa shape index (κ1) is 16.3. The Morgan fingerprint density at radius 3 is 2.65 bits per heavy atom. The Kier molecular flexibility index (Phi) is 4.87. The van der Waals surface area contributed by atoms with E-state index in [1.807, 2.05) is 18.2 Å². The molecule has 3 rings (SSSR count). The Labute approximate surface area is 142 Å². The van der Waals surface area contributed by atoms with Crippen molar-refractivity contribution in [3.63, 3.8) is 0 Å². The second-order valence-corrected chi connectivity index (χ2v) is 6.63. The molecule has 124 valence electrons. The fourth-order valence-electron chi connectivity index (χ4n) is 3.16. The average molecular weight is 334 g/mol. The summed E-state index contributed by atoms with van der Waals surface area (Å²) in [5, 5.41) is 9.40. The van der Waals surface area contributed by atoms with Crippen molar-refractivity contribution in [3.8, 4) is 0 Å². The molecule has 1 atom stereocenters. The number of rotatable bonds is 4. The topological polar surface area (TPSA) is 37.2 Å². The normalized spacial score (nSPS) is 19.3. The third-order valence-corrected chi connectivity index (χ3v) is 4.89. The van der Waals surface area contributed by atoms with Crippen molar-refractivity contribution < 1.29 is 0 Å². The van der Waals surface area contributed by atoms with E-state index in [1.165, 1.54) is 5.69 Å². The minimum absolute atomic E-state index is 0.463. The molecular formula is C17H24ClN5. The molecule has 1 aromatic carbocycles. The molecule has 0 aliphatic carbocycles. The lowest BCUT2D eigenvalue weighted by Crippen LogP contribution is -2.51. The molecule has 1 aliphatic heterocycles. The molecule has 0 saturated carbocycles. The predicted molar refractivity (Wildman–Crippen MR) is 93.9 cm³/mol. The van der Waals surface area contributed by atoms with Crippen LogP contribution in [0.15, 0.2) is 24.3 Å². The summed E-state index contributed by atoms with van der Waals surface area (Å²) in [6.45, 7) is 8.26. The molecule has 23 heavy (non-hydrogen) atoms. The van der Waals surface area contributed by atoms with Crippen LogP contribution in [-0.2, 0) is 20.0 Å². The van der Waals surface area contributed by atoms with Gasteiger partial charge in [0.1, 0.15) is 11.6 Å². The zero-order valence-corrected chi connectivity index (χ0v) is 14.8. The van der Waals surface area contributed by atoms with Crippen molar-refractivity contribution in [2.45, 2.75) is 32.9 Å². The minimum atomic E-state index is 0.463. The molecule has 6 heteroatoms. The maximum absolute atomic E-state index is 6.11. The molecule has 2 heterocycles. The Balaban J connectivity index is 1.65. The van der Waals surface area contributed by atoms with Crippen LogP contribution >= 0.6 is 11.6 Å². The summed E-state index contributed by atoms with van der Waals surface area (Å²) in [5.74, 6) is 2.09. The molecule has 0 radical (unpaired) electrons. The molecule has 0 N–H and O–H groups in total. The van der Waals surface area contributed by atoms with E-state index in [2.05, 4.69) is 51.5 Å². The van der Waals surface area contributed by atoms with Gasteiger partial charge in [0, 0.05) is 49.9 Å². The van der Waals surface area contributed by atoms with E-state index in [9.17, 15) is 0 Å². The zero-order chi connectivity index (χ0) is 16.4. The molecule has 0 bridgehead atoms. The third-order valence-electron chi connectivity index (χ3n) is 4.65. The summed E-state index contributed by atoms with van der Waals surface area (Å²) >= 11 is 6.11. The molecule has 1 saturated heterocycles. The molecule has 1 aliphatic rings. The first-order chi connectivity index (χ1) is 11.1. The predicted octanol–water partition coefficient (Wildman–Crippen LogP) is 2.74. The third kappa shape index (κ3) is 3.51. The Morgan fingerprint density at radius 2 is 2.00 bits per heavy atom. The van der Waals surface area contributed by atoms with Gasteiger partial charge in [-0.2, -0.15) is 0 Å². The van der Waals surface area contributed by atoms with Crippen LogP contribution in [0.25, 0.3) is 0 Å². The Morgan fingerprint density at radius 1 is 1.22 bits per heavy atom. The van der Waals surface area contributed by atoms with Crippen molar-refractivity contribution >= 4 is 17.3 Å². The van der Waals surface area contributed by atoms with Gasteiger partial charge in [0.15, 0.2) is 0 Å². The maximum Gasteiger partial charge on any atom is 0.146 e. The van der Waals surface area contributed by atoms with Crippen molar-refractivity contribution in [3.05, 3.63) is 40.9 Å². The number of nitrogens with zero attached hydrogens (tertiary/aromatic N) is 5. The van der Waals surface area contributed by atoms with Gasteiger partial charge in [-0.05, 0) is 25.1 Å². The van der Waals surface area contributed by atoms with Gasteiger partial charge in [-0.25, -0.2) is 0 Å². The highest BCUT2D eigenvalue weighted by molar-refractivity contribution is 6.30. The number of anilines is 1. The summed E-state index contributed by atoms with van der Waals surface area (Å²) in [6, 6.07) is 8.57. The van der Waals surface area contributed by atoms with Crippen LogP contribution in [0, 0.1) is 0 Å². The highest BCUT2D eigenvalue weighted by Gasteiger charge is 2.25. The van der Waals surface area contributed by atoms with E-state index in [-0.39, 0.29) is 0 Å². The second kappa shape index (κ2) is 6.89. The van der Waals surface area contributed by atoms with Crippen LogP contribution in [0.4, 0.5) is 5.69 Å². The summed E-state index contributed by atoms with van der Waals surface area (Å²) in [5.41, 5.74) is 1.20. The van der Waals surface area contributed by atoms with Gasteiger partial charge in [0.25, 0.3) is 0 Å². The van der Waals surface area contributed by atoms with Gasteiger partial charge in [-0.15, -0.1) is 10.2 Å². The lowest BCUT2D eigenvalue weighted by atomic mass is 10.1. The first-order valence-corrected chi connectivity index (χ1v) is 8.58. The quantitative estimate of drug-likeness (QED) is 0.862. The van der Waals surface area contributed by atoms with Crippen LogP contribution in [0.1, 0.15) is 25.5 Å². The Bertz CT molecular complexity index is 669. The van der Waals surface area contributed by atoms with E-state index >= 15 is 0 Å². The lowest BCUT2D eigenvalue weighted by Gasteiger charge is -2.40. The SMILES string of the molecule is CCc1nnc(CN2CCN(c3cccc(Cl)c3)C[C@@H]2C)n1C. The number of aryl methyl sites for hydroxylation is 1. The van der Waals surface area contributed by atoms with Crippen LogP contribution in [0.5, 0.6) is 0 Å². The van der Waals surface area contributed by atoms with Gasteiger partial charge >= 0.3 is 0 Å². The number of hydrogen-bond donors (Lipinski definition) is 0. The molecule has 0 unspecified atom stereocenters. The molecule has 0 spiro atoms. The number of halogens is 1. The zero-order valence-electron chi connectivity index (χ0n) is 14.0. The van der Waals surface area contributed by atoms with Gasteiger partial charge in [-0.3, -0.25) is 4.90 Å². The first-order valence-electron chi connectivity index (χ1n) is 8.20. The fourth-order valence-corrected chi connectivity index (χ4v) is 3.35. The minimum Gasteiger partial charge on any atom is -0.369 e. The van der Waals surface area contributed by atoms with Crippen molar-refractivity contribution in [2.75, 3.05) is 24.5 Å². The van der Waals surface area contributed by atoms with E-state index in [4.69, 9.17) is 11.6 Å². The van der Waals surface area contributed by atoms with Crippen LogP contribution in [0.2, 0.25) is 5.02 Å². The van der Waals surface area contributed by atoms with E-state index in [0.717, 1.165) is 49.3 Å². The number of aromatic nitrogens is 3. The van der Waals surface area contributed by atoms with Crippen LogP contribution < -0.4 is 4.90 Å². The van der Waals surface area contributed by atoms with E-state index < -0.39 is 0 Å². The monoisotopic (exact) mass is 333 g/mol. The standard InChI is InChI=1S/C17H24ClN5/c1-4-16-19-20-17(21(16)3)12-22-8-9-23(11-13(22)2)15-7-5-6-14(18)10-15/h5-7,10,13H,4,8-9,11-12H2,1-3H3/t13-/m0/s1. The summed E-state index contributed by atoms with van der Waals surface area (Å²) < 4.78 is 2.12. The molecule has 5 nitrogen and oxygen atoms in total. The highest BCUT2D eigenvalue weighted by Crippen LogP contribution is 2.23. The maximum atomic E-state index is 6.11. The second-order valence-electron chi connectivity index (χ2n) is 6.19. The average Bonchev–Trinajstić information content (AvgIpc) is 2.89. The van der Waals surface area contributed by atoms with Crippen molar-refractivity contribution in [1.82, 2.24) is 19.7 Å². The molecule has 1 fully saturated rings. The van der Waals surface area contributed by atoms with Crippen molar-refractivity contribution in [1.29, 1.82) is 0 Å². The van der Waals surface area contributed by atoms with Crippen molar-refractivity contribution in [2.24, 2.45) is 7.05 Å². The molecule has 0 amide bonds. The van der Waals surface area contributed by atoms with Gasteiger partial charge in [-0.1, -0.05) is 24.6 Å². The lowest BCUT2D eigenvalue weighted by molar-refractivity contribution is 0.175. The summed E-state index contributed by atoms with van der Waals surface area (Å²) in [6.07, 6.45) is 0.918. The largest absolute Gasteiger partial charge is 0.369 e. The smallest absolute Gasteiger partial charge is 0.146 e. The Hall–Kier alpha value is -1.59. The van der Waals surface area contributed by atoms with Crippen LogP contribution in [0.3, 0.4) is 0 Å². The molecule has 2 aromatic rings. The highest BCUT2D eigenvalue weighted by atomic mass is 35.5. The number of benzene rings is 1. The van der Waals surface area contributed by atoms with Gasteiger partial charge < -0.3 is 9.47 Å². The molecular weight excluding hydrogens is 310 g/mol. The fraction of sp³-hybridized carbons (Fsp3) is 0.529. The van der Waals surface area contributed by atoms with Gasteiger partial charge in [0.2, 0.25) is 0 Å². The number of hydrogen-bond acceptors (Lipinski definition) is 4. The summed E-state index contributed by atoms with van der Waals surface area (Å²) in [4.78, 5) is 4.88. The summed E-state index contributed by atoms with van der Waals surface area (Å²) in [7, 11) is 2.06. The van der Waals surface area contributed by atoms with Gasteiger partial charge in [0.05, 0.1) is 6.54 Å². The number of piperazine rings is 1. The van der Waals surface area contributed by atoms with E-state index in [1.54, 1.807) is 0 Å². The molecule has 1 aromatic heterocycles. The van der Waals surface area contributed by atoms with Crippen LogP contribution in [-0.4, -0.2) is 45.3 Å².